The van der Waals surface area contributed by atoms with Gasteiger partial charge in [-0.05, 0) is 46.3 Å². The number of benzene rings is 2. The molecule has 0 radical (unpaired) electrons. The van der Waals surface area contributed by atoms with Gasteiger partial charge in [0.1, 0.15) is 11.5 Å². The number of nitrogens with zero attached hydrogens (tertiary/aromatic N) is 5. The molecule has 2 aromatic heterocycles. The minimum atomic E-state index is -1.11. The van der Waals surface area contributed by atoms with Gasteiger partial charge in [-0.1, -0.05) is 12.1 Å². The van der Waals surface area contributed by atoms with E-state index in [1.807, 2.05) is 0 Å². The van der Waals surface area contributed by atoms with Gasteiger partial charge in [0, 0.05) is 11.8 Å². The lowest BCUT2D eigenvalue weighted by Gasteiger charge is -2.10. The van der Waals surface area contributed by atoms with Crippen LogP contribution in [0.3, 0.4) is 0 Å². The fraction of sp³-hybridized carbons (Fsp3) is 0.0526. The Bertz CT molecular complexity index is 1210. The molecule has 146 valence electrons. The highest BCUT2D eigenvalue weighted by Gasteiger charge is 2.19. The van der Waals surface area contributed by atoms with Crippen molar-refractivity contribution in [3.05, 3.63) is 66.1 Å². The van der Waals surface area contributed by atoms with E-state index in [1.54, 1.807) is 12.1 Å². The predicted octanol–water partition coefficient (Wildman–Crippen LogP) is 3.40. The van der Waals surface area contributed by atoms with E-state index in [-0.39, 0.29) is 28.6 Å². The molecule has 2 N–H and O–H groups in total. The van der Waals surface area contributed by atoms with Gasteiger partial charge in [-0.2, -0.15) is 4.68 Å². The second-order valence-electron chi connectivity index (χ2n) is 5.99. The first kappa shape index (κ1) is 18.4. The molecule has 0 unspecified atom stereocenters. The zero-order chi connectivity index (χ0) is 20.5. The Labute approximate surface area is 162 Å². The highest BCUT2D eigenvalue weighted by atomic mass is 19.2. The van der Waals surface area contributed by atoms with Crippen LogP contribution >= 0.6 is 0 Å². The van der Waals surface area contributed by atoms with Crippen LogP contribution in [0.4, 0.5) is 19.0 Å². The van der Waals surface area contributed by atoms with Crippen molar-refractivity contribution in [1.82, 2.24) is 25.2 Å². The zero-order valence-corrected chi connectivity index (χ0v) is 15.0. The number of halogens is 3. The molecule has 4 rings (SSSR count). The average molecular weight is 398 g/mol. The van der Waals surface area contributed by atoms with E-state index >= 15 is 0 Å². The molecule has 10 heteroatoms. The Morgan fingerprint density at radius 3 is 2.59 bits per heavy atom. The minimum Gasteiger partial charge on any atom is -0.494 e. The first-order valence-corrected chi connectivity index (χ1v) is 8.32. The molecule has 0 aliphatic heterocycles. The van der Waals surface area contributed by atoms with Crippen LogP contribution < -0.4 is 10.5 Å². The Morgan fingerprint density at radius 1 is 1.00 bits per heavy atom. The van der Waals surface area contributed by atoms with Crippen molar-refractivity contribution in [3.63, 3.8) is 0 Å². The van der Waals surface area contributed by atoms with Crippen LogP contribution in [-0.4, -0.2) is 32.3 Å². The molecule has 0 aliphatic rings. The maximum Gasteiger partial charge on any atom is 0.190 e. The maximum absolute atomic E-state index is 14.2. The highest BCUT2D eigenvalue weighted by molar-refractivity contribution is 5.76. The third-order valence-corrected chi connectivity index (χ3v) is 4.27. The summed E-state index contributed by atoms with van der Waals surface area (Å²) in [6.45, 7) is 0. The number of nitrogens with two attached hydrogens (primary N) is 1. The molecule has 0 fully saturated rings. The maximum atomic E-state index is 14.2. The first-order valence-electron chi connectivity index (χ1n) is 8.32. The molecule has 0 bridgehead atoms. The highest BCUT2D eigenvalue weighted by Crippen LogP contribution is 2.31. The van der Waals surface area contributed by atoms with Crippen molar-refractivity contribution in [2.45, 2.75) is 0 Å². The van der Waals surface area contributed by atoms with Crippen LogP contribution in [0.1, 0.15) is 0 Å². The average Bonchev–Trinajstić information content (AvgIpc) is 3.19. The van der Waals surface area contributed by atoms with Crippen LogP contribution in [0.15, 0.2) is 48.7 Å². The summed E-state index contributed by atoms with van der Waals surface area (Å²) in [5.74, 6) is -2.48. The van der Waals surface area contributed by atoms with E-state index in [0.717, 1.165) is 10.7 Å². The van der Waals surface area contributed by atoms with Crippen LogP contribution in [0.2, 0.25) is 0 Å². The third kappa shape index (κ3) is 3.24. The number of anilines is 1. The van der Waals surface area contributed by atoms with Gasteiger partial charge >= 0.3 is 0 Å². The Morgan fingerprint density at radius 2 is 1.83 bits per heavy atom. The number of hydrogen-bond donors (Lipinski definition) is 1. The molecular weight excluding hydrogens is 385 g/mol. The zero-order valence-electron chi connectivity index (χ0n) is 15.0. The lowest BCUT2D eigenvalue weighted by molar-refractivity contribution is 0.386. The van der Waals surface area contributed by atoms with Gasteiger partial charge in [0.15, 0.2) is 29.0 Å². The van der Waals surface area contributed by atoms with Crippen LogP contribution in [0.25, 0.3) is 28.2 Å². The molecule has 0 atom stereocenters. The summed E-state index contributed by atoms with van der Waals surface area (Å²) in [7, 11) is 1.37. The van der Waals surface area contributed by atoms with E-state index < -0.39 is 17.5 Å². The molecular formula is C19H13F3N6O. The van der Waals surface area contributed by atoms with Crippen molar-refractivity contribution < 1.29 is 17.9 Å². The largest absolute Gasteiger partial charge is 0.494 e. The summed E-state index contributed by atoms with van der Waals surface area (Å²) >= 11 is 0. The molecule has 29 heavy (non-hydrogen) atoms. The van der Waals surface area contributed by atoms with E-state index in [4.69, 9.17) is 10.5 Å². The molecule has 0 saturated carbocycles. The Balaban J connectivity index is 1.84. The van der Waals surface area contributed by atoms with Gasteiger partial charge < -0.3 is 10.5 Å². The number of pyridine rings is 1. The van der Waals surface area contributed by atoms with Crippen molar-refractivity contribution in [2.24, 2.45) is 0 Å². The lowest BCUT2D eigenvalue weighted by Crippen LogP contribution is -2.06. The van der Waals surface area contributed by atoms with Crippen molar-refractivity contribution in [2.75, 3.05) is 12.8 Å². The van der Waals surface area contributed by atoms with Crippen molar-refractivity contribution in [3.8, 4) is 34.0 Å². The van der Waals surface area contributed by atoms with E-state index in [9.17, 15) is 13.2 Å². The number of rotatable bonds is 4. The lowest BCUT2D eigenvalue weighted by atomic mass is 10.0. The second-order valence-corrected chi connectivity index (χ2v) is 5.99. The number of methoxy groups -OCH3 is 1. The number of nitrogen functional groups attached to an aromatic ring is 1. The summed E-state index contributed by atoms with van der Waals surface area (Å²) in [5.41, 5.74) is 7.07. The number of ether oxygens (including phenoxy) is 1. The van der Waals surface area contributed by atoms with Gasteiger partial charge in [-0.15, -0.1) is 5.10 Å². The van der Waals surface area contributed by atoms with Gasteiger partial charge in [0.25, 0.3) is 0 Å². The number of aromatic nitrogens is 5. The summed E-state index contributed by atoms with van der Waals surface area (Å²) in [5, 5.41) is 11.1. The summed E-state index contributed by atoms with van der Waals surface area (Å²) < 4.78 is 47.9. The van der Waals surface area contributed by atoms with Gasteiger partial charge in [-0.25, -0.2) is 18.2 Å². The second kappa shape index (κ2) is 7.23. The summed E-state index contributed by atoms with van der Waals surface area (Å²) in [6.07, 6.45) is 1.46. The van der Waals surface area contributed by atoms with Crippen molar-refractivity contribution in [1.29, 1.82) is 0 Å². The van der Waals surface area contributed by atoms with Crippen LogP contribution in [0, 0.1) is 17.5 Å². The van der Waals surface area contributed by atoms with Gasteiger partial charge in [0.05, 0.1) is 12.7 Å². The van der Waals surface area contributed by atoms with Gasteiger partial charge in [0.2, 0.25) is 0 Å². The normalized spacial score (nSPS) is 10.9. The Hall–Kier alpha value is -3.95. The quantitative estimate of drug-likeness (QED) is 0.567. The van der Waals surface area contributed by atoms with E-state index in [0.29, 0.717) is 11.1 Å². The van der Waals surface area contributed by atoms with Gasteiger partial charge in [-0.3, -0.25) is 0 Å². The molecule has 7 nitrogen and oxygen atoms in total. The standard InChI is InChI=1S/C19H13F3N6O/c1-29-16-6-5-10(8-14(16)21)11-7-12(18(23)24-9-11)19-25-26-27-28(19)15-4-2-3-13(20)17(15)22/h2-9H,1H3,(H2,23,24). The molecule has 2 aromatic carbocycles. The van der Waals surface area contributed by atoms with Crippen LogP contribution in [0.5, 0.6) is 5.75 Å². The predicted molar refractivity (Wildman–Crippen MR) is 98.7 cm³/mol. The molecule has 0 amide bonds. The topological polar surface area (TPSA) is 91.7 Å². The van der Waals surface area contributed by atoms with E-state index in [2.05, 4.69) is 20.5 Å². The molecule has 2 heterocycles. The number of tetrazole rings is 1. The smallest absolute Gasteiger partial charge is 0.190 e. The van der Waals surface area contributed by atoms with Crippen molar-refractivity contribution >= 4 is 5.82 Å². The fourth-order valence-electron chi connectivity index (χ4n) is 2.83. The number of hydrogen-bond acceptors (Lipinski definition) is 6. The fourth-order valence-corrected chi connectivity index (χ4v) is 2.83. The first-order chi connectivity index (χ1) is 14.0. The summed E-state index contributed by atoms with van der Waals surface area (Å²) in [4.78, 5) is 4.11. The summed E-state index contributed by atoms with van der Waals surface area (Å²) in [6, 6.07) is 9.63. The van der Waals surface area contributed by atoms with Crippen LogP contribution in [-0.2, 0) is 0 Å². The SMILES string of the molecule is COc1ccc(-c2cnc(N)c(-c3nnnn3-c3cccc(F)c3F)c2)cc1F. The van der Waals surface area contributed by atoms with E-state index in [1.165, 1.54) is 37.6 Å². The third-order valence-electron chi connectivity index (χ3n) is 4.27. The Kier molecular flexibility index (Phi) is 4.59. The molecule has 0 spiro atoms. The monoisotopic (exact) mass is 398 g/mol. The minimum absolute atomic E-state index is 0.0512. The molecule has 0 aliphatic carbocycles. The molecule has 4 aromatic rings. The molecule has 0 saturated heterocycles.